The Balaban J connectivity index is 1.43. The molecule has 0 aliphatic heterocycles. The van der Waals surface area contributed by atoms with Gasteiger partial charge in [0.05, 0.1) is 12.2 Å². The van der Waals surface area contributed by atoms with Crippen molar-refractivity contribution >= 4 is 0 Å². The molecule has 0 amide bonds. The molecule has 0 saturated heterocycles. The second kappa shape index (κ2) is 12.7. The normalized spacial score (nSPS) is 11.1. The van der Waals surface area contributed by atoms with Crippen LogP contribution in [0.2, 0.25) is 0 Å². The van der Waals surface area contributed by atoms with E-state index >= 15 is 0 Å². The molecule has 0 bridgehead atoms. The Morgan fingerprint density at radius 3 is 2.00 bits per heavy atom. The van der Waals surface area contributed by atoms with Crippen molar-refractivity contribution in [1.29, 1.82) is 0 Å². The predicted molar refractivity (Wildman–Crippen MR) is 141 cm³/mol. The standard InChI is InChI=1S/C31H30F4N2O/c1-3-5-6-7-21-18-36-31(37-19-21)25-15-14-23(27(32)29(25)34)13-10-20-8-11-22(12-9-20)24-16-17-26(38-4-2)30(35)28(24)33/h8-9,11-12,14-19H,3-7,10,13H2,1-2H3. The molecule has 0 radical (unpaired) electrons. The maximum Gasteiger partial charge on any atom is 0.201 e. The average molecular weight is 523 g/mol. The molecule has 3 aromatic carbocycles. The maximum absolute atomic E-state index is 14.9. The van der Waals surface area contributed by atoms with Gasteiger partial charge in [0.25, 0.3) is 0 Å². The van der Waals surface area contributed by atoms with Gasteiger partial charge in [0.2, 0.25) is 5.82 Å². The molecule has 3 nitrogen and oxygen atoms in total. The molecule has 0 unspecified atom stereocenters. The number of halogens is 4. The third-order valence-corrected chi connectivity index (χ3v) is 6.47. The van der Waals surface area contributed by atoms with Crippen LogP contribution in [0.3, 0.4) is 0 Å². The summed E-state index contributed by atoms with van der Waals surface area (Å²) in [4.78, 5) is 8.47. The van der Waals surface area contributed by atoms with E-state index in [1.807, 2.05) is 0 Å². The van der Waals surface area contributed by atoms with E-state index in [9.17, 15) is 17.6 Å². The highest BCUT2D eigenvalue weighted by molar-refractivity contribution is 5.65. The number of benzene rings is 3. The van der Waals surface area contributed by atoms with Crippen LogP contribution >= 0.6 is 0 Å². The largest absolute Gasteiger partial charge is 0.491 e. The summed E-state index contributed by atoms with van der Waals surface area (Å²) in [5.41, 5.74) is 2.72. The van der Waals surface area contributed by atoms with Gasteiger partial charge in [-0.1, -0.05) is 50.1 Å². The summed E-state index contributed by atoms with van der Waals surface area (Å²) >= 11 is 0. The Hall–Kier alpha value is -3.74. The first kappa shape index (κ1) is 27.3. The summed E-state index contributed by atoms with van der Waals surface area (Å²) in [7, 11) is 0. The topological polar surface area (TPSA) is 35.0 Å². The van der Waals surface area contributed by atoms with Gasteiger partial charge in [-0.15, -0.1) is 0 Å². The molecule has 0 aliphatic carbocycles. The van der Waals surface area contributed by atoms with Crippen molar-refractivity contribution in [1.82, 2.24) is 9.97 Å². The molecule has 4 rings (SSSR count). The molecule has 0 N–H and O–H groups in total. The SMILES string of the molecule is CCCCCc1cnc(-c2ccc(CCc3ccc(-c4ccc(OCC)c(F)c4F)cc3)c(F)c2F)nc1. The van der Waals surface area contributed by atoms with Crippen molar-refractivity contribution in [2.75, 3.05) is 6.61 Å². The van der Waals surface area contributed by atoms with Gasteiger partial charge in [0, 0.05) is 18.0 Å². The van der Waals surface area contributed by atoms with E-state index in [-0.39, 0.29) is 41.3 Å². The molecular weight excluding hydrogens is 492 g/mol. The average Bonchev–Trinajstić information content (AvgIpc) is 2.93. The highest BCUT2D eigenvalue weighted by atomic mass is 19.2. The molecule has 7 heteroatoms. The number of rotatable bonds is 11. The lowest BCUT2D eigenvalue weighted by Crippen LogP contribution is -2.02. The van der Waals surface area contributed by atoms with E-state index in [0.29, 0.717) is 12.0 Å². The molecule has 1 aromatic heterocycles. The third-order valence-electron chi connectivity index (χ3n) is 6.47. The first-order valence-electron chi connectivity index (χ1n) is 12.9. The zero-order valence-corrected chi connectivity index (χ0v) is 21.5. The lowest BCUT2D eigenvalue weighted by atomic mass is 9.99. The van der Waals surface area contributed by atoms with Gasteiger partial charge >= 0.3 is 0 Å². The molecular formula is C31H30F4N2O. The van der Waals surface area contributed by atoms with Crippen molar-refractivity contribution in [3.63, 3.8) is 0 Å². The third kappa shape index (κ3) is 6.21. The minimum atomic E-state index is -1.03. The van der Waals surface area contributed by atoms with Crippen LogP contribution in [-0.2, 0) is 19.3 Å². The number of hydrogen-bond donors (Lipinski definition) is 0. The van der Waals surface area contributed by atoms with Crippen LogP contribution in [0.1, 0.15) is 49.8 Å². The molecule has 1 heterocycles. The van der Waals surface area contributed by atoms with Crippen LogP contribution in [0.5, 0.6) is 5.75 Å². The first-order valence-corrected chi connectivity index (χ1v) is 12.9. The molecule has 0 atom stereocenters. The Bertz CT molecular complexity index is 1370. The highest BCUT2D eigenvalue weighted by Crippen LogP contribution is 2.30. The predicted octanol–water partition coefficient (Wildman–Crippen LogP) is 8.28. The Morgan fingerprint density at radius 2 is 1.32 bits per heavy atom. The summed E-state index contributed by atoms with van der Waals surface area (Å²) in [5.74, 6) is -3.86. The van der Waals surface area contributed by atoms with Crippen molar-refractivity contribution in [2.45, 2.75) is 52.4 Å². The summed E-state index contributed by atoms with van der Waals surface area (Å²) in [5, 5.41) is 0. The molecule has 0 aliphatic rings. The minimum Gasteiger partial charge on any atom is -0.491 e. The summed E-state index contributed by atoms with van der Waals surface area (Å²) in [6.07, 6.45) is 8.18. The van der Waals surface area contributed by atoms with Crippen LogP contribution in [0.4, 0.5) is 17.6 Å². The quantitative estimate of drug-likeness (QED) is 0.147. The van der Waals surface area contributed by atoms with Gasteiger partial charge < -0.3 is 4.74 Å². The Kier molecular flexibility index (Phi) is 9.10. The lowest BCUT2D eigenvalue weighted by Gasteiger charge is -2.10. The lowest BCUT2D eigenvalue weighted by molar-refractivity contribution is 0.314. The van der Waals surface area contributed by atoms with E-state index in [4.69, 9.17) is 4.74 Å². The second-order valence-corrected chi connectivity index (χ2v) is 9.14. The molecule has 38 heavy (non-hydrogen) atoms. The Labute approximate surface area is 220 Å². The van der Waals surface area contributed by atoms with Crippen LogP contribution in [0.15, 0.2) is 60.9 Å². The molecule has 4 aromatic rings. The van der Waals surface area contributed by atoms with Crippen LogP contribution in [0.25, 0.3) is 22.5 Å². The zero-order valence-electron chi connectivity index (χ0n) is 21.5. The first-order chi connectivity index (χ1) is 18.4. The van der Waals surface area contributed by atoms with Crippen molar-refractivity contribution in [3.05, 3.63) is 101 Å². The van der Waals surface area contributed by atoms with Crippen LogP contribution in [-0.4, -0.2) is 16.6 Å². The van der Waals surface area contributed by atoms with E-state index in [1.165, 1.54) is 18.2 Å². The number of hydrogen-bond acceptors (Lipinski definition) is 3. The zero-order chi connectivity index (χ0) is 27.1. The number of unbranched alkanes of at least 4 members (excludes halogenated alkanes) is 2. The summed E-state index contributed by atoms with van der Waals surface area (Å²) in [6, 6.07) is 12.8. The highest BCUT2D eigenvalue weighted by Gasteiger charge is 2.18. The van der Waals surface area contributed by atoms with E-state index < -0.39 is 23.3 Å². The second-order valence-electron chi connectivity index (χ2n) is 9.14. The molecule has 0 fully saturated rings. The van der Waals surface area contributed by atoms with Crippen molar-refractivity contribution in [3.8, 4) is 28.3 Å². The number of aromatic nitrogens is 2. The number of ether oxygens (including phenoxy) is 1. The summed E-state index contributed by atoms with van der Waals surface area (Å²) < 4.78 is 63.6. The van der Waals surface area contributed by atoms with Gasteiger partial charge in [-0.2, -0.15) is 4.39 Å². The number of aryl methyl sites for hydroxylation is 3. The van der Waals surface area contributed by atoms with E-state index in [0.717, 1.165) is 36.8 Å². The van der Waals surface area contributed by atoms with Crippen LogP contribution < -0.4 is 4.74 Å². The van der Waals surface area contributed by atoms with E-state index in [2.05, 4.69) is 16.9 Å². The molecule has 0 spiro atoms. The molecule has 0 saturated carbocycles. The van der Waals surface area contributed by atoms with Gasteiger partial charge in [0.1, 0.15) is 0 Å². The number of nitrogens with zero attached hydrogens (tertiary/aromatic N) is 2. The van der Waals surface area contributed by atoms with E-state index in [1.54, 1.807) is 49.6 Å². The fourth-order valence-corrected chi connectivity index (χ4v) is 4.31. The fraction of sp³-hybridized carbons (Fsp3) is 0.290. The van der Waals surface area contributed by atoms with Crippen molar-refractivity contribution in [2.24, 2.45) is 0 Å². The van der Waals surface area contributed by atoms with Crippen molar-refractivity contribution < 1.29 is 22.3 Å². The summed E-state index contributed by atoms with van der Waals surface area (Å²) in [6.45, 7) is 4.06. The van der Waals surface area contributed by atoms with Gasteiger partial charge in [-0.3, -0.25) is 0 Å². The minimum absolute atomic E-state index is 0.0281. The van der Waals surface area contributed by atoms with Crippen LogP contribution in [0, 0.1) is 23.3 Å². The van der Waals surface area contributed by atoms with Gasteiger partial charge in [-0.25, -0.2) is 23.1 Å². The Morgan fingerprint density at radius 1 is 0.632 bits per heavy atom. The smallest absolute Gasteiger partial charge is 0.201 e. The van der Waals surface area contributed by atoms with Gasteiger partial charge in [-0.05, 0) is 73.1 Å². The fourth-order valence-electron chi connectivity index (χ4n) is 4.31. The molecule has 198 valence electrons. The van der Waals surface area contributed by atoms with Gasteiger partial charge in [0.15, 0.2) is 29.0 Å². The monoisotopic (exact) mass is 522 g/mol. The maximum atomic E-state index is 14.9.